The maximum Gasteiger partial charge on any atom is 0.317 e. The van der Waals surface area contributed by atoms with E-state index in [-0.39, 0.29) is 6.03 Å². The third-order valence-corrected chi connectivity index (χ3v) is 8.24. The lowest BCUT2D eigenvalue weighted by Crippen LogP contribution is -2.44. The Hall–Kier alpha value is -3.41. The number of amides is 2. The van der Waals surface area contributed by atoms with Gasteiger partial charge in [0.25, 0.3) is 0 Å². The van der Waals surface area contributed by atoms with Crippen LogP contribution in [0.4, 0.5) is 4.79 Å². The Morgan fingerprint density at radius 2 is 1.76 bits per heavy atom. The Balaban J connectivity index is 0.000000293. The summed E-state index contributed by atoms with van der Waals surface area (Å²) in [5.41, 5.74) is 9.44. The molecular formula is C31H39N5O. The van der Waals surface area contributed by atoms with E-state index < -0.39 is 0 Å². The average molecular weight is 498 g/mol. The van der Waals surface area contributed by atoms with Crippen LogP contribution in [-0.4, -0.2) is 45.7 Å². The topological polar surface area (TPSA) is 73.9 Å². The number of fused-ring (bicyclic) bond motifs is 1. The number of hydrogen-bond donors (Lipinski definition) is 2. The number of carbonyl (C=O) groups excluding carboxylic acids is 1. The van der Waals surface area contributed by atoms with E-state index in [1.54, 1.807) is 6.42 Å². The highest BCUT2D eigenvalue weighted by molar-refractivity contribution is 5.83. The Morgan fingerprint density at radius 1 is 1.08 bits per heavy atom. The molecule has 1 unspecified atom stereocenters. The molecule has 4 aliphatic rings. The van der Waals surface area contributed by atoms with E-state index in [4.69, 9.17) is 5.10 Å². The smallest absolute Gasteiger partial charge is 0.317 e. The van der Waals surface area contributed by atoms with E-state index in [1.807, 2.05) is 55.8 Å². The number of urea groups is 1. The van der Waals surface area contributed by atoms with Gasteiger partial charge in [-0.3, -0.25) is 10.1 Å². The van der Waals surface area contributed by atoms with Gasteiger partial charge in [0.05, 0.1) is 0 Å². The van der Waals surface area contributed by atoms with Crippen molar-refractivity contribution in [3.8, 4) is 22.4 Å². The zero-order valence-electron chi connectivity index (χ0n) is 22.6. The number of aromatic nitrogens is 3. The van der Waals surface area contributed by atoms with Crippen LogP contribution in [0.1, 0.15) is 63.6 Å². The van der Waals surface area contributed by atoms with Gasteiger partial charge in [-0.1, -0.05) is 55.3 Å². The number of benzene rings is 1. The molecule has 6 heteroatoms. The highest BCUT2D eigenvalue weighted by Crippen LogP contribution is 2.86. The molecule has 2 N–H and O–H groups in total. The molecule has 0 bridgehead atoms. The van der Waals surface area contributed by atoms with Crippen LogP contribution in [0.3, 0.4) is 0 Å². The number of hydrogen-bond acceptors (Lipinski definition) is 3. The summed E-state index contributed by atoms with van der Waals surface area (Å²) < 4.78 is 0. The van der Waals surface area contributed by atoms with E-state index in [9.17, 15) is 4.79 Å². The molecule has 2 amide bonds. The van der Waals surface area contributed by atoms with Crippen molar-refractivity contribution in [3.63, 3.8) is 0 Å². The molecule has 0 radical (unpaired) electrons. The van der Waals surface area contributed by atoms with E-state index in [2.05, 4.69) is 52.7 Å². The van der Waals surface area contributed by atoms with E-state index in [0.29, 0.717) is 12.5 Å². The number of rotatable bonds is 4. The molecular weight excluding hydrogens is 458 g/mol. The first kappa shape index (κ1) is 25.2. The summed E-state index contributed by atoms with van der Waals surface area (Å²) in [4.78, 5) is 18.2. The number of nitrogens with zero attached hydrogens (tertiary/aromatic N) is 3. The predicted molar refractivity (Wildman–Crippen MR) is 149 cm³/mol. The van der Waals surface area contributed by atoms with Gasteiger partial charge in [0.15, 0.2) is 0 Å². The van der Waals surface area contributed by atoms with Gasteiger partial charge in [-0.15, -0.1) is 0 Å². The number of aryl methyl sites for hydroxylation is 1. The molecule has 7 rings (SSSR count). The Bertz CT molecular complexity index is 1250. The maximum atomic E-state index is 12.1. The van der Waals surface area contributed by atoms with Crippen LogP contribution in [0.5, 0.6) is 0 Å². The largest absolute Gasteiger partial charge is 0.338 e. The highest BCUT2D eigenvalue weighted by Gasteiger charge is 2.77. The molecule has 1 saturated heterocycles. The second kappa shape index (κ2) is 10.5. The number of pyridine rings is 1. The van der Waals surface area contributed by atoms with Gasteiger partial charge >= 0.3 is 6.03 Å². The number of carbonyl (C=O) groups is 1. The van der Waals surface area contributed by atoms with Crippen LogP contribution in [0.2, 0.25) is 0 Å². The van der Waals surface area contributed by atoms with Crippen molar-refractivity contribution in [2.24, 2.45) is 11.3 Å². The molecule has 2 saturated carbocycles. The lowest BCUT2D eigenvalue weighted by molar-refractivity contribution is 0.181. The van der Waals surface area contributed by atoms with Gasteiger partial charge in [0.2, 0.25) is 0 Å². The van der Waals surface area contributed by atoms with Crippen LogP contribution in [0.15, 0.2) is 60.4 Å². The summed E-state index contributed by atoms with van der Waals surface area (Å²) in [5, 5.41) is 10.9. The van der Waals surface area contributed by atoms with Crippen LogP contribution >= 0.6 is 0 Å². The minimum atomic E-state index is 0.0327. The Labute approximate surface area is 220 Å². The predicted octanol–water partition coefficient (Wildman–Crippen LogP) is 6.72. The monoisotopic (exact) mass is 497 g/mol. The van der Waals surface area contributed by atoms with Crippen LogP contribution in [0, 0.1) is 18.3 Å². The first-order valence-corrected chi connectivity index (χ1v) is 13.9. The number of piperidine rings is 1. The zero-order valence-corrected chi connectivity index (χ0v) is 22.6. The number of nitrogens with one attached hydrogen (secondary N) is 2. The van der Waals surface area contributed by atoms with Crippen molar-refractivity contribution in [1.82, 2.24) is 25.4 Å². The first-order valence-electron chi connectivity index (χ1n) is 13.9. The second-order valence-electron chi connectivity index (χ2n) is 10.3. The zero-order chi connectivity index (χ0) is 26.0. The Morgan fingerprint density at radius 3 is 2.27 bits per heavy atom. The van der Waals surface area contributed by atoms with Gasteiger partial charge in [-0.2, -0.15) is 5.10 Å². The van der Waals surface area contributed by atoms with Gasteiger partial charge in [0, 0.05) is 60.2 Å². The SMILES string of the molecule is C1=C2[C@@H]3CC23C1.CC.CCNC(=O)N1CCC(c2[nH]nc(-c3ccc(C)cc3)c2-c2ccncc2)CC1. The summed E-state index contributed by atoms with van der Waals surface area (Å²) in [6.45, 7) is 10.2. The molecule has 2 atom stereocenters. The van der Waals surface area contributed by atoms with Crippen LogP contribution in [-0.2, 0) is 0 Å². The van der Waals surface area contributed by atoms with Crippen LogP contribution < -0.4 is 5.32 Å². The third kappa shape index (κ3) is 4.81. The Kier molecular flexibility index (Phi) is 7.18. The van der Waals surface area contributed by atoms with Crippen molar-refractivity contribution in [3.05, 3.63) is 71.7 Å². The van der Waals surface area contributed by atoms with Gasteiger partial charge in [0.1, 0.15) is 5.69 Å². The van der Waals surface area contributed by atoms with Crippen molar-refractivity contribution in [2.75, 3.05) is 19.6 Å². The van der Waals surface area contributed by atoms with Crippen molar-refractivity contribution < 1.29 is 4.79 Å². The molecule has 1 aromatic carbocycles. The summed E-state index contributed by atoms with van der Waals surface area (Å²) in [7, 11) is 0. The summed E-state index contributed by atoms with van der Waals surface area (Å²) >= 11 is 0. The summed E-state index contributed by atoms with van der Waals surface area (Å²) in [6.07, 6.45) is 10.9. The lowest BCUT2D eigenvalue weighted by atomic mass is 9.88. The molecule has 1 aliphatic heterocycles. The molecule has 3 aromatic rings. The van der Waals surface area contributed by atoms with Crippen LogP contribution in [0.25, 0.3) is 22.4 Å². The second-order valence-corrected chi connectivity index (χ2v) is 10.3. The molecule has 194 valence electrons. The molecule has 3 heterocycles. The average Bonchev–Trinajstić information content (AvgIpc) is 3.70. The fourth-order valence-electron chi connectivity index (χ4n) is 5.79. The number of likely N-dealkylation sites (tertiary alicyclic amines) is 1. The molecule has 6 nitrogen and oxygen atoms in total. The van der Waals surface area contributed by atoms with Crippen molar-refractivity contribution in [2.45, 2.75) is 59.3 Å². The molecule has 3 fully saturated rings. The van der Waals surface area contributed by atoms with Crippen molar-refractivity contribution >= 4 is 6.03 Å². The molecule has 3 aliphatic carbocycles. The lowest BCUT2D eigenvalue weighted by Gasteiger charge is -2.32. The van der Waals surface area contributed by atoms with Gasteiger partial charge in [-0.25, -0.2) is 4.79 Å². The summed E-state index contributed by atoms with van der Waals surface area (Å²) in [5.74, 6) is 1.48. The van der Waals surface area contributed by atoms with E-state index >= 15 is 0 Å². The van der Waals surface area contributed by atoms with Crippen molar-refractivity contribution in [1.29, 1.82) is 0 Å². The number of allylic oxidation sites excluding steroid dienone is 2. The fourth-order valence-corrected chi connectivity index (χ4v) is 5.79. The number of H-pyrrole nitrogens is 1. The fraction of sp³-hybridized carbons (Fsp3) is 0.452. The quantitative estimate of drug-likeness (QED) is 0.393. The van der Waals surface area contributed by atoms with E-state index in [0.717, 1.165) is 65.3 Å². The molecule has 37 heavy (non-hydrogen) atoms. The van der Waals surface area contributed by atoms with Gasteiger partial charge in [-0.05, 0) is 63.1 Å². The van der Waals surface area contributed by atoms with Gasteiger partial charge < -0.3 is 10.2 Å². The minimum Gasteiger partial charge on any atom is -0.338 e. The van der Waals surface area contributed by atoms with E-state index in [1.165, 1.54) is 12.0 Å². The minimum absolute atomic E-state index is 0.0327. The first-order chi connectivity index (χ1) is 18.1. The maximum absolute atomic E-state index is 12.1. The number of aromatic amines is 1. The molecule has 1 spiro atoms. The summed E-state index contributed by atoms with van der Waals surface area (Å²) in [6, 6.07) is 12.6. The standard InChI is InChI=1S/C23H27N5O.C6H6.C2H6/c1-3-25-23(29)28-14-10-19(11-15-28)22-20(17-8-12-24-13-9-17)21(26-27-22)18-6-4-16(2)5-7-18;1-2-6-3-5(6)4(1)6;1-2/h4-9,12-13,19H,3,10-11,14-15H2,1-2H3,(H,25,29)(H,26,27);1,5H,2-3H2;1-2H3/t;5-,6?;/m.0./s1. The normalized spacial score (nSPS) is 22.5. The molecule has 2 aromatic heterocycles. The highest BCUT2D eigenvalue weighted by atomic mass is 16.2. The third-order valence-electron chi connectivity index (χ3n) is 8.24.